The van der Waals surface area contributed by atoms with E-state index < -0.39 is 5.54 Å². The van der Waals surface area contributed by atoms with E-state index in [-0.39, 0.29) is 40.6 Å². The van der Waals surface area contributed by atoms with Crippen LogP contribution in [-0.2, 0) is 9.59 Å². The summed E-state index contributed by atoms with van der Waals surface area (Å²) in [6, 6.07) is 0. The maximum atomic E-state index is 12.6. The largest absolute Gasteiger partial charge is 0.633 e. The smallest absolute Gasteiger partial charge is 0.220 e. The highest BCUT2D eigenvalue weighted by Crippen LogP contribution is 2.44. The molecule has 2 amide bonds. The van der Waals surface area contributed by atoms with Crippen molar-refractivity contribution in [1.29, 1.82) is 0 Å². The lowest BCUT2D eigenvalue weighted by atomic mass is 9.67. The van der Waals surface area contributed by atoms with Gasteiger partial charge in [-0.2, -0.15) is 0 Å². The van der Waals surface area contributed by atoms with Crippen LogP contribution in [0.15, 0.2) is 0 Å². The minimum Gasteiger partial charge on any atom is -0.633 e. The number of hydroxylamine groups is 3. The maximum absolute atomic E-state index is 12.6. The van der Waals surface area contributed by atoms with Crippen LogP contribution < -0.4 is 11.5 Å². The lowest BCUT2D eigenvalue weighted by Gasteiger charge is -2.60. The number of likely N-dealkylation sites (tertiary alicyclic amines) is 1. The summed E-state index contributed by atoms with van der Waals surface area (Å²) >= 11 is 0. The quantitative estimate of drug-likeness (QED) is 0.566. The van der Waals surface area contributed by atoms with E-state index in [9.17, 15) is 14.8 Å². The van der Waals surface area contributed by atoms with Crippen LogP contribution in [0.3, 0.4) is 0 Å². The summed E-state index contributed by atoms with van der Waals surface area (Å²) in [5.41, 5.74) is 10.2. The van der Waals surface area contributed by atoms with Gasteiger partial charge in [0.15, 0.2) is 0 Å². The first-order valence-corrected chi connectivity index (χ1v) is 7.65. The molecule has 1 rings (SSSR count). The number of amides is 2. The van der Waals surface area contributed by atoms with Crippen LogP contribution in [0, 0.1) is 23.0 Å². The molecule has 1 fully saturated rings. The Morgan fingerprint density at radius 1 is 1.38 bits per heavy atom. The third kappa shape index (κ3) is 3.74. The van der Waals surface area contributed by atoms with Crippen molar-refractivity contribution in [2.75, 3.05) is 13.6 Å². The van der Waals surface area contributed by atoms with Crippen molar-refractivity contribution in [2.45, 2.75) is 52.0 Å². The fourth-order valence-electron chi connectivity index (χ4n) is 3.50. The molecule has 1 heterocycles. The van der Waals surface area contributed by atoms with E-state index in [0.717, 1.165) is 0 Å². The molecule has 6 nitrogen and oxygen atoms in total. The second-order valence-electron chi connectivity index (χ2n) is 7.09. The molecule has 1 aliphatic heterocycles. The van der Waals surface area contributed by atoms with Crippen LogP contribution in [0.2, 0.25) is 0 Å². The highest BCUT2D eigenvalue weighted by molar-refractivity contribution is 5.77. The number of hydrogen-bond donors (Lipinski definition) is 2. The second-order valence-corrected chi connectivity index (χ2v) is 7.09. The standard InChI is InChI=1S/C15H29N3O3/c1-10-11(8-9-18(4,21)15(10,2)3)12(14(17)20)6-5-7-13(16)19/h10-12H,5-9H2,1-4H3,(H2,16,19)(H2,17,20). The van der Waals surface area contributed by atoms with Crippen LogP contribution in [0.5, 0.6) is 0 Å². The van der Waals surface area contributed by atoms with E-state index in [1.54, 1.807) is 7.05 Å². The molecular weight excluding hydrogens is 270 g/mol. The summed E-state index contributed by atoms with van der Waals surface area (Å²) < 4.78 is -0.294. The van der Waals surface area contributed by atoms with Gasteiger partial charge in [0.25, 0.3) is 0 Å². The average molecular weight is 299 g/mol. The topological polar surface area (TPSA) is 109 Å². The molecule has 0 aliphatic carbocycles. The Morgan fingerprint density at radius 3 is 2.43 bits per heavy atom. The molecule has 4 N–H and O–H groups in total. The van der Waals surface area contributed by atoms with Crippen molar-refractivity contribution in [3.63, 3.8) is 0 Å². The molecule has 0 aromatic carbocycles. The van der Waals surface area contributed by atoms with E-state index >= 15 is 0 Å². The van der Waals surface area contributed by atoms with Gasteiger partial charge < -0.3 is 21.3 Å². The molecule has 6 heteroatoms. The van der Waals surface area contributed by atoms with Crippen molar-refractivity contribution in [1.82, 2.24) is 0 Å². The second kappa shape index (κ2) is 6.32. The molecule has 0 spiro atoms. The molecule has 122 valence electrons. The van der Waals surface area contributed by atoms with E-state index in [1.165, 1.54) is 0 Å². The van der Waals surface area contributed by atoms with Gasteiger partial charge in [0.1, 0.15) is 0 Å². The molecule has 0 radical (unpaired) electrons. The highest BCUT2D eigenvalue weighted by Gasteiger charge is 2.49. The highest BCUT2D eigenvalue weighted by atomic mass is 16.5. The number of nitrogens with two attached hydrogens (primary N) is 2. The molecule has 4 unspecified atom stereocenters. The van der Waals surface area contributed by atoms with Crippen LogP contribution in [-0.4, -0.2) is 35.6 Å². The number of carbonyl (C=O) groups is 2. The summed E-state index contributed by atoms with van der Waals surface area (Å²) in [6.45, 7) is 6.43. The van der Waals surface area contributed by atoms with Crippen LogP contribution in [0.4, 0.5) is 0 Å². The van der Waals surface area contributed by atoms with Gasteiger partial charge in [-0.1, -0.05) is 6.92 Å². The minimum absolute atomic E-state index is 0.0832. The van der Waals surface area contributed by atoms with Gasteiger partial charge in [-0.05, 0) is 32.6 Å². The Balaban J connectivity index is 2.84. The minimum atomic E-state index is -0.458. The third-order valence-electron chi connectivity index (χ3n) is 5.69. The monoisotopic (exact) mass is 299 g/mol. The summed E-state index contributed by atoms with van der Waals surface area (Å²) in [5, 5.41) is 12.6. The number of primary amides is 2. The van der Waals surface area contributed by atoms with E-state index in [2.05, 4.69) is 0 Å². The van der Waals surface area contributed by atoms with Gasteiger partial charge in [0.05, 0.1) is 19.1 Å². The lowest BCUT2D eigenvalue weighted by molar-refractivity contribution is -0.922. The SMILES string of the molecule is CC1C(C(CCCC(N)=O)C(N)=O)CC[N+](C)([O-])C1(C)C. The third-order valence-corrected chi connectivity index (χ3v) is 5.69. The van der Waals surface area contributed by atoms with Gasteiger partial charge in [0, 0.05) is 24.7 Å². The fourth-order valence-corrected chi connectivity index (χ4v) is 3.50. The number of piperidine rings is 1. The van der Waals surface area contributed by atoms with Crippen LogP contribution in [0.1, 0.15) is 46.5 Å². The van der Waals surface area contributed by atoms with Crippen molar-refractivity contribution in [3.8, 4) is 0 Å². The zero-order chi connectivity index (χ0) is 16.4. The molecule has 1 aliphatic rings. The molecule has 21 heavy (non-hydrogen) atoms. The Hall–Kier alpha value is -1.14. The maximum Gasteiger partial charge on any atom is 0.220 e. The molecule has 0 aromatic heterocycles. The summed E-state index contributed by atoms with van der Waals surface area (Å²) in [4.78, 5) is 22.7. The van der Waals surface area contributed by atoms with Crippen molar-refractivity contribution in [3.05, 3.63) is 5.21 Å². The molecule has 0 aromatic rings. The first kappa shape index (κ1) is 17.9. The van der Waals surface area contributed by atoms with Crippen LogP contribution in [0.25, 0.3) is 0 Å². The van der Waals surface area contributed by atoms with Crippen molar-refractivity contribution < 1.29 is 14.2 Å². The molecule has 4 atom stereocenters. The van der Waals surface area contributed by atoms with Gasteiger partial charge in [-0.3, -0.25) is 9.59 Å². The fraction of sp³-hybridized carbons (Fsp3) is 0.867. The van der Waals surface area contributed by atoms with Crippen LogP contribution >= 0.6 is 0 Å². The predicted octanol–water partition coefficient (Wildman–Crippen LogP) is 1.12. The Labute approximate surface area is 127 Å². The Morgan fingerprint density at radius 2 is 1.95 bits per heavy atom. The van der Waals surface area contributed by atoms with E-state index in [1.807, 2.05) is 20.8 Å². The summed E-state index contributed by atoms with van der Waals surface area (Å²) in [7, 11) is 1.69. The van der Waals surface area contributed by atoms with Crippen molar-refractivity contribution in [2.24, 2.45) is 29.2 Å². The molecule has 1 saturated heterocycles. The zero-order valence-electron chi connectivity index (χ0n) is 13.6. The molecule has 0 saturated carbocycles. The van der Waals surface area contributed by atoms with Gasteiger partial charge in [-0.25, -0.2) is 0 Å². The number of rotatable bonds is 6. The zero-order valence-corrected chi connectivity index (χ0v) is 13.6. The summed E-state index contributed by atoms with van der Waals surface area (Å²) in [6.07, 6.45) is 2.08. The molecule has 0 bridgehead atoms. The van der Waals surface area contributed by atoms with Crippen molar-refractivity contribution >= 4 is 11.8 Å². The Kier molecular flexibility index (Phi) is 5.39. The summed E-state index contributed by atoms with van der Waals surface area (Å²) in [5.74, 6) is -0.822. The van der Waals surface area contributed by atoms with Gasteiger partial charge in [0.2, 0.25) is 11.8 Å². The number of nitrogens with zero attached hydrogens (tertiary/aromatic N) is 1. The van der Waals surface area contributed by atoms with E-state index in [0.29, 0.717) is 25.8 Å². The predicted molar refractivity (Wildman–Crippen MR) is 81.5 cm³/mol. The Bertz CT molecular complexity index is 407. The lowest BCUT2D eigenvalue weighted by Crippen LogP contribution is -2.64. The molecular formula is C15H29N3O3. The number of carbonyl (C=O) groups excluding carboxylic acids is 2. The number of hydrogen-bond acceptors (Lipinski definition) is 3. The first-order valence-electron chi connectivity index (χ1n) is 7.65. The first-order chi connectivity index (χ1) is 9.50. The van der Waals surface area contributed by atoms with Gasteiger partial charge >= 0.3 is 0 Å². The van der Waals surface area contributed by atoms with Gasteiger partial charge in [-0.15, -0.1) is 0 Å². The number of quaternary nitrogens is 1. The average Bonchev–Trinajstić information content (AvgIpc) is 2.33. The van der Waals surface area contributed by atoms with E-state index in [4.69, 9.17) is 11.5 Å². The normalized spacial score (nSPS) is 33.4.